The Hall–Kier alpha value is -10.00. The SMILES string of the molecule is CNC(=O)c1c(-c2ccc(F)cc2)oc2cc(N(C)S(C)(=O)=O)c(-c3ccc4ncc(-c5ccc(C)cc5)n4n3)cc12.CNC(=O)c1c(-c2ccc(F)cc2)oc2cc(N(C)S(C)(=O)=O)c(B3OC(C)(C)C(C)(C)O3)cc12.FC(F)(F)c1ccc(-c2cnc3ccc(Cl)nn23)cc1. The topological polar surface area (TPSA) is 238 Å². The Morgan fingerprint density at radius 3 is 1.46 bits per heavy atom. The number of alkyl halides is 3. The van der Waals surface area contributed by atoms with E-state index in [9.17, 15) is 48.4 Å². The first-order chi connectivity index (χ1) is 45.7. The van der Waals surface area contributed by atoms with Gasteiger partial charge in [0.15, 0.2) is 11.3 Å². The molecule has 0 aliphatic carbocycles. The highest BCUT2D eigenvalue weighted by Crippen LogP contribution is 2.43. The number of nitrogens with zero attached hydrogens (tertiary/aromatic N) is 8. The van der Waals surface area contributed by atoms with Crippen molar-refractivity contribution < 1.29 is 66.5 Å². The van der Waals surface area contributed by atoms with Crippen molar-refractivity contribution in [3.05, 3.63) is 197 Å². The standard InChI is InChI=1S/C31H26FN5O4S.C24H28BFN2O6S.C13H7ClF3N3/c1-18-5-7-19(8-6-18)26-17-34-28-14-13-24(35-37(26)28)22-15-23-27(16-25(22)36(3)42(4,39)40)41-30(29(23)31(38)33-2)20-9-11-21(32)12-10-20;1-23(2)24(3,4)34-25(33-23)17-12-16-19(13-18(17)28(6)35(7,30)31)32-21(20(16)22(29)27-5)14-8-10-15(26)11-9-14;14-11-5-6-12-18-7-10(20(12)19-11)8-1-3-9(4-2-8)13(15,16)17/h5-17H,1-4H3,(H,33,38);8-13H,1-7H3,(H,27,29);1-7H. The lowest BCUT2D eigenvalue weighted by molar-refractivity contribution is -0.137. The predicted octanol–water partition coefficient (Wildman–Crippen LogP) is 13.0. The average Bonchev–Trinajstić information content (AvgIpc) is 1.72. The van der Waals surface area contributed by atoms with Crippen molar-refractivity contribution in [2.75, 3.05) is 49.3 Å². The molecule has 6 aromatic carbocycles. The van der Waals surface area contributed by atoms with Gasteiger partial charge in [-0.1, -0.05) is 53.6 Å². The number of furan rings is 2. The summed E-state index contributed by atoms with van der Waals surface area (Å²) in [5.41, 5.74) is 7.07. The van der Waals surface area contributed by atoms with E-state index in [1.54, 1.807) is 65.4 Å². The van der Waals surface area contributed by atoms with E-state index in [0.29, 0.717) is 72.5 Å². The number of nitrogens with one attached hydrogen (secondary N) is 2. The molecule has 12 aromatic rings. The second-order valence-corrected chi connectivity index (χ2v) is 28.2. The minimum Gasteiger partial charge on any atom is -0.455 e. The number of anilines is 2. The molecule has 500 valence electrons. The van der Waals surface area contributed by atoms with Crippen molar-refractivity contribution in [2.24, 2.45) is 0 Å². The minimum atomic E-state index is -4.35. The zero-order valence-electron chi connectivity index (χ0n) is 53.8. The molecule has 0 bridgehead atoms. The Bertz CT molecular complexity index is 5270. The van der Waals surface area contributed by atoms with Crippen LogP contribution in [0.3, 0.4) is 0 Å². The molecule has 1 aliphatic heterocycles. The number of aryl methyl sites for hydroxylation is 1. The van der Waals surface area contributed by atoms with E-state index in [1.807, 2.05) is 58.9 Å². The number of rotatable bonds is 12. The molecule has 0 saturated carbocycles. The molecule has 0 radical (unpaired) electrons. The van der Waals surface area contributed by atoms with Gasteiger partial charge in [0, 0.05) is 84.4 Å². The summed E-state index contributed by atoms with van der Waals surface area (Å²) in [4.78, 5) is 34.7. The van der Waals surface area contributed by atoms with Gasteiger partial charge >= 0.3 is 13.3 Å². The molecular weight excluding hydrogens is 1320 g/mol. The van der Waals surface area contributed by atoms with E-state index in [0.717, 1.165) is 50.1 Å². The molecular formula is C68H61BClF5N10O10S2. The Morgan fingerprint density at radius 1 is 0.577 bits per heavy atom. The first-order valence-corrected chi connectivity index (χ1v) is 33.7. The smallest absolute Gasteiger partial charge is 0.455 e. The molecule has 2 amide bonds. The number of hydrogen-bond donors (Lipinski definition) is 2. The summed E-state index contributed by atoms with van der Waals surface area (Å²) in [6, 6.07) is 37.3. The third kappa shape index (κ3) is 13.6. The van der Waals surface area contributed by atoms with Gasteiger partial charge in [0.2, 0.25) is 20.0 Å². The molecule has 2 N–H and O–H groups in total. The summed E-state index contributed by atoms with van der Waals surface area (Å²) in [6.07, 6.45) is 1.12. The number of benzene rings is 6. The summed E-state index contributed by atoms with van der Waals surface area (Å²) < 4.78 is 145. The Kier molecular flexibility index (Phi) is 18.2. The van der Waals surface area contributed by atoms with Crippen LogP contribution in [0.1, 0.15) is 59.5 Å². The number of aromatic nitrogens is 6. The van der Waals surface area contributed by atoms with Crippen molar-refractivity contribution in [3.8, 4) is 56.4 Å². The quantitative estimate of drug-likeness (QED) is 0.0855. The second kappa shape index (κ2) is 25.9. The maximum absolute atomic E-state index is 13.7. The second-order valence-electron chi connectivity index (χ2n) is 23.7. The fraction of sp³-hybridized carbons (Fsp3) is 0.206. The van der Waals surface area contributed by atoms with Crippen LogP contribution >= 0.6 is 11.6 Å². The highest BCUT2D eigenvalue weighted by molar-refractivity contribution is 7.92. The third-order valence-electron chi connectivity index (χ3n) is 16.8. The summed E-state index contributed by atoms with van der Waals surface area (Å²) in [5, 5.41) is 15.4. The number of imidazole rings is 2. The van der Waals surface area contributed by atoms with Crippen LogP contribution in [0, 0.1) is 18.6 Å². The van der Waals surface area contributed by atoms with Gasteiger partial charge in [-0.15, -0.1) is 0 Å². The van der Waals surface area contributed by atoms with Gasteiger partial charge in [0.25, 0.3) is 11.8 Å². The lowest BCUT2D eigenvalue weighted by Crippen LogP contribution is -2.41. The number of carbonyl (C=O) groups is 2. The van der Waals surface area contributed by atoms with Gasteiger partial charge in [-0.25, -0.2) is 44.6 Å². The lowest BCUT2D eigenvalue weighted by Gasteiger charge is -2.32. The van der Waals surface area contributed by atoms with Crippen molar-refractivity contribution in [1.29, 1.82) is 0 Å². The molecule has 6 aromatic heterocycles. The normalized spacial score (nSPS) is 13.7. The van der Waals surface area contributed by atoms with Crippen LogP contribution in [0.5, 0.6) is 0 Å². The number of halogens is 6. The molecule has 97 heavy (non-hydrogen) atoms. The fourth-order valence-electron chi connectivity index (χ4n) is 10.7. The molecule has 1 aliphatic rings. The highest BCUT2D eigenvalue weighted by atomic mass is 35.5. The monoisotopic (exact) mass is 1380 g/mol. The third-order valence-corrected chi connectivity index (χ3v) is 19.4. The van der Waals surface area contributed by atoms with Gasteiger partial charge in [0.05, 0.1) is 81.3 Å². The Labute approximate surface area is 558 Å². The minimum absolute atomic E-state index is 0.231. The number of carbonyl (C=O) groups excluding carboxylic acids is 2. The summed E-state index contributed by atoms with van der Waals surface area (Å²) >= 11 is 5.81. The Balaban J connectivity index is 0.000000156. The molecule has 29 heteroatoms. The van der Waals surface area contributed by atoms with E-state index in [4.69, 9.17) is 34.8 Å². The van der Waals surface area contributed by atoms with Crippen molar-refractivity contribution in [2.45, 2.75) is 52.0 Å². The van der Waals surface area contributed by atoms with Gasteiger partial charge in [-0.2, -0.15) is 23.4 Å². The van der Waals surface area contributed by atoms with Crippen LogP contribution in [0.4, 0.5) is 33.3 Å². The van der Waals surface area contributed by atoms with Crippen LogP contribution in [0.15, 0.2) is 167 Å². The van der Waals surface area contributed by atoms with E-state index in [1.165, 1.54) is 93.4 Å². The van der Waals surface area contributed by atoms with Crippen molar-refractivity contribution in [3.63, 3.8) is 0 Å². The molecule has 1 saturated heterocycles. The first-order valence-electron chi connectivity index (χ1n) is 29.7. The van der Waals surface area contributed by atoms with Gasteiger partial charge in [-0.05, 0) is 132 Å². The zero-order valence-corrected chi connectivity index (χ0v) is 56.2. The Morgan fingerprint density at radius 2 is 1.00 bits per heavy atom. The van der Waals surface area contributed by atoms with Crippen LogP contribution in [0.2, 0.25) is 5.15 Å². The lowest BCUT2D eigenvalue weighted by atomic mass is 9.77. The number of amides is 2. The van der Waals surface area contributed by atoms with E-state index < -0.39 is 73.6 Å². The van der Waals surface area contributed by atoms with Gasteiger partial charge < -0.3 is 28.8 Å². The largest absolute Gasteiger partial charge is 0.497 e. The summed E-state index contributed by atoms with van der Waals surface area (Å²) in [5.74, 6) is -1.21. The zero-order chi connectivity index (χ0) is 70.0. The van der Waals surface area contributed by atoms with E-state index >= 15 is 0 Å². The molecule has 13 rings (SSSR count). The maximum atomic E-state index is 13.7. The number of hydrogen-bond acceptors (Lipinski definition) is 14. The average molecular weight is 1380 g/mol. The summed E-state index contributed by atoms with van der Waals surface area (Å²) in [6.45, 7) is 9.59. The number of sulfonamides is 2. The van der Waals surface area contributed by atoms with E-state index in [-0.39, 0.29) is 39.0 Å². The predicted molar refractivity (Wildman–Crippen MR) is 363 cm³/mol. The van der Waals surface area contributed by atoms with Crippen molar-refractivity contribution in [1.82, 2.24) is 39.8 Å². The van der Waals surface area contributed by atoms with Crippen LogP contribution < -0.4 is 24.7 Å². The van der Waals surface area contributed by atoms with Crippen LogP contribution in [0.25, 0.3) is 89.7 Å². The highest BCUT2D eigenvalue weighted by Gasteiger charge is 2.53. The van der Waals surface area contributed by atoms with E-state index in [2.05, 4.69) is 25.7 Å². The fourth-order valence-corrected chi connectivity index (χ4v) is 11.8. The molecule has 20 nitrogen and oxygen atoms in total. The molecule has 0 atom stereocenters. The molecule has 7 heterocycles. The molecule has 0 spiro atoms. The van der Waals surface area contributed by atoms with Gasteiger partial charge in [0.1, 0.15) is 39.5 Å². The molecule has 0 unspecified atom stereocenters. The van der Waals surface area contributed by atoms with Crippen molar-refractivity contribution >= 4 is 101 Å². The molecule has 1 fully saturated rings. The first kappa shape index (κ1) is 68.4. The van der Waals surface area contributed by atoms with Crippen LogP contribution in [-0.2, 0) is 35.5 Å². The maximum Gasteiger partial charge on any atom is 0.497 e. The van der Waals surface area contributed by atoms with Crippen LogP contribution in [-0.4, -0.2) is 117 Å². The van der Waals surface area contributed by atoms with Gasteiger partial charge in [-0.3, -0.25) is 18.2 Å². The number of fused-ring (bicyclic) bond motifs is 4. The summed E-state index contributed by atoms with van der Waals surface area (Å²) in [7, 11) is -2.39.